The van der Waals surface area contributed by atoms with Crippen LogP contribution < -0.4 is 9.62 Å². The zero-order valence-electron chi connectivity index (χ0n) is 19.2. The quantitative estimate of drug-likeness (QED) is 0.724. The molecule has 172 valence electrons. The second-order valence-corrected chi connectivity index (χ2v) is 11.4. The van der Waals surface area contributed by atoms with Crippen molar-refractivity contribution in [2.24, 2.45) is 17.8 Å². The van der Waals surface area contributed by atoms with E-state index < -0.39 is 16.1 Å². The summed E-state index contributed by atoms with van der Waals surface area (Å²) in [6.45, 7) is 11.6. The summed E-state index contributed by atoms with van der Waals surface area (Å²) in [5, 5.41) is 0. The van der Waals surface area contributed by atoms with Crippen molar-refractivity contribution < 1.29 is 18.0 Å². The number of carbonyl (C=O) groups excluding carboxylic acids is 2. The lowest BCUT2D eigenvalue weighted by Gasteiger charge is -2.37. The number of rotatable bonds is 6. The number of hydrogen-bond acceptors (Lipinski definition) is 4. The van der Waals surface area contributed by atoms with Gasteiger partial charge in [0.1, 0.15) is 6.04 Å². The molecule has 0 aliphatic carbocycles. The molecule has 0 bridgehead atoms. The number of fused-ring (bicyclic) bond motifs is 1. The Bertz CT molecular complexity index is 934. The molecule has 3 rings (SSSR count). The van der Waals surface area contributed by atoms with Crippen molar-refractivity contribution in [3.63, 3.8) is 0 Å². The van der Waals surface area contributed by atoms with Crippen molar-refractivity contribution in [2.75, 3.05) is 24.5 Å². The molecule has 1 aromatic carbocycles. The van der Waals surface area contributed by atoms with Crippen LogP contribution in [0.1, 0.15) is 53.0 Å². The number of piperidine rings is 1. The molecule has 2 aliphatic rings. The molecule has 3 atom stereocenters. The molecule has 1 saturated heterocycles. The van der Waals surface area contributed by atoms with E-state index in [0.29, 0.717) is 44.3 Å². The molecule has 0 unspecified atom stereocenters. The normalized spacial score (nSPS) is 22.5. The summed E-state index contributed by atoms with van der Waals surface area (Å²) in [6.07, 6.45) is 2.15. The summed E-state index contributed by atoms with van der Waals surface area (Å²) in [6, 6.07) is 4.04. The van der Waals surface area contributed by atoms with Crippen LogP contribution in [-0.4, -0.2) is 50.8 Å². The minimum absolute atomic E-state index is 0.0555. The molecule has 8 heteroatoms. The third kappa shape index (κ3) is 5.47. The molecule has 0 saturated carbocycles. The van der Waals surface area contributed by atoms with Crippen molar-refractivity contribution in [3.05, 3.63) is 23.8 Å². The number of anilines is 1. The van der Waals surface area contributed by atoms with Gasteiger partial charge in [-0.25, -0.2) is 8.42 Å². The summed E-state index contributed by atoms with van der Waals surface area (Å²) in [4.78, 5) is 28.7. The summed E-state index contributed by atoms with van der Waals surface area (Å²) in [7, 11) is -3.88. The van der Waals surface area contributed by atoms with Crippen LogP contribution in [0.25, 0.3) is 0 Å². The second kappa shape index (κ2) is 9.28. The van der Waals surface area contributed by atoms with E-state index >= 15 is 0 Å². The van der Waals surface area contributed by atoms with Crippen molar-refractivity contribution in [3.8, 4) is 0 Å². The minimum atomic E-state index is -3.88. The lowest BCUT2D eigenvalue weighted by molar-refractivity contribution is -0.136. The van der Waals surface area contributed by atoms with E-state index in [2.05, 4.69) is 18.6 Å². The van der Waals surface area contributed by atoms with E-state index in [1.54, 1.807) is 17.0 Å². The fourth-order valence-corrected chi connectivity index (χ4v) is 6.11. The molecular weight excluding hydrogens is 414 g/mol. The summed E-state index contributed by atoms with van der Waals surface area (Å²) in [5.41, 5.74) is 1.60. The predicted molar refractivity (Wildman–Crippen MR) is 121 cm³/mol. The van der Waals surface area contributed by atoms with Gasteiger partial charge in [0.25, 0.3) is 0 Å². The van der Waals surface area contributed by atoms with E-state index in [9.17, 15) is 18.0 Å². The molecular formula is C23H35N3O4S. The Labute approximate surface area is 186 Å². The number of hydrogen-bond donors (Lipinski definition) is 1. The third-order valence-electron chi connectivity index (χ3n) is 6.12. The monoisotopic (exact) mass is 449 g/mol. The molecule has 0 aromatic heterocycles. The second-order valence-electron chi connectivity index (χ2n) is 9.70. The highest BCUT2D eigenvalue weighted by Crippen LogP contribution is 2.30. The Hall–Kier alpha value is -1.93. The van der Waals surface area contributed by atoms with Crippen LogP contribution in [0.4, 0.5) is 5.69 Å². The highest BCUT2D eigenvalue weighted by atomic mass is 32.2. The average Bonchev–Trinajstić information content (AvgIpc) is 3.09. The number of nitrogens with zero attached hydrogens (tertiary/aromatic N) is 2. The van der Waals surface area contributed by atoms with Gasteiger partial charge in [-0.3, -0.25) is 9.59 Å². The summed E-state index contributed by atoms with van der Waals surface area (Å²) < 4.78 is 29.1. The van der Waals surface area contributed by atoms with Crippen molar-refractivity contribution in [1.82, 2.24) is 9.62 Å². The fraction of sp³-hybridized carbons (Fsp3) is 0.652. The maximum absolute atomic E-state index is 13.3. The number of sulfonamides is 1. The van der Waals surface area contributed by atoms with Gasteiger partial charge in [-0.05, 0) is 60.8 Å². The minimum Gasteiger partial charge on any atom is -0.341 e. The van der Waals surface area contributed by atoms with Gasteiger partial charge in [-0.15, -0.1) is 0 Å². The van der Waals surface area contributed by atoms with Gasteiger partial charge in [0.05, 0.1) is 4.90 Å². The smallest absolute Gasteiger partial charge is 0.241 e. The van der Waals surface area contributed by atoms with Gasteiger partial charge in [0.2, 0.25) is 21.8 Å². The number of benzene rings is 1. The first-order chi connectivity index (χ1) is 14.5. The summed E-state index contributed by atoms with van der Waals surface area (Å²) in [5.74, 6) is 0.787. The SMILES string of the molecule is CC(=O)N1CCc2cc(S(=O)(=O)N[C@H](CC(C)C)C(=O)N3C[C@H](C)C[C@H](C)C3)ccc21. The van der Waals surface area contributed by atoms with Gasteiger partial charge in [-0.2, -0.15) is 4.72 Å². The molecule has 2 aliphatic heterocycles. The van der Waals surface area contributed by atoms with Crippen LogP contribution >= 0.6 is 0 Å². The first-order valence-electron chi connectivity index (χ1n) is 11.2. The van der Waals surface area contributed by atoms with Gasteiger partial charge in [0.15, 0.2) is 0 Å². The first kappa shape index (κ1) is 23.7. The topological polar surface area (TPSA) is 86.8 Å². The van der Waals surface area contributed by atoms with Crippen LogP contribution in [0.3, 0.4) is 0 Å². The van der Waals surface area contributed by atoms with E-state index in [4.69, 9.17) is 0 Å². The maximum atomic E-state index is 13.3. The number of nitrogens with one attached hydrogen (secondary N) is 1. The highest BCUT2D eigenvalue weighted by Gasteiger charge is 2.34. The third-order valence-corrected chi connectivity index (χ3v) is 7.59. The fourth-order valence-electron chi connectivity index (χ4n) is 4.86. The molecule has 1 N–H and O–H groups in total. The van der Waals surface area contributed by atoms with Crippen molar-refractivity contribution in [1.29, 1.82) is 0 Å². The van der Waals surface area contributed by atoms with E-state index in [1.165, 1.54) is 13.0 Å². The van der Waals surface area contributed by atoms with Crippen LogP contribution in [-0.2, 0) is 26.0 Å². The van der Waals surface area contributed by atoms with E-state index in [-0.39, 0.29) is 22.6 Å². The maximum Gasteiger partial charge on any atom is 0.241 e. The van der Waals surface area contributed by atoms with Crippen LogP contribution in [0.2, 0.25) is 0 Å². The first-order valence-corrected chi connectivity index (χ1v) is 12.7. The highest BCUT2D eigenvalue weighted by molar-refractivity contribution is 7.89. The molecule has 7 nitrogen and oxygen atoms in total. The molecule has 2 amide bonds. The van der Waals surface area contributed by atoms with Gasteiger partial charge >= 0.3 is 0 Å². The standard InChI is InChI=1S/C23H35N3O4S/c1-15(2)10-21(23(28)25-13-16(3)11-17(4)14-25)24-31(29,30)20-6-7-22-19(12-20)8-9-26(22)18(5)27/h6-7,12,15-17,21,24H,8-11,13-14H2,1-5H3/t16-,17+,21-/m1/s1. The molecule has 0 radical (unpaired) electrons. The molecule has 1 aromatic rings. The zero-order valence-corrected chi connectivity index (χ0v) is 20.0. The summed E-state index contributed by atoms with van der Waals surface area (Å²) >= 11 is 0. The number of amides is 2. The molecule has 2 heterocycles. The predicted octanol–water partition coefficient (Wildman–Crippen LogP) is 2.79. The largest absolute Gasteiger partial charge is 0.341 e. The average molecular weight is 450 g/mol. The Morgan fingerprint density at radius 3 is 2.39 bits per heavy atom. The van der Waals surface area contributed by atoms with E-state index in [0.717, 1.165) is 17.7 Å². The van der Waals surface area contributed by atoms with Gasteiger partial charge in [-0.1, -0.05) is 27.7 Å². The Balaban J connectivity index is 1.82. The van der Waals surface area contributed by atoms with Crippen molar-refractivity contribution in [2.45, 2.75) is 64.8 Å². The lowest BCUT2D eigenvalue weighted by atomic mass is 9.91. The van der Waals surface area contributed by atoms with Crippen LogP contribution in [0.5, 0.6) is 0 Å². The Morgan fingerprint density at radius 1 is 1.16 bits per heavy atom. The van der Waals surface area contributed by atoms with Crippen molar-refractivity contribution >= 4 is 27.5 Å². The Kier molecular flexibility index (Phi) is 7.11. The van der Waals surface area contributed by atoms with Crippen LogP contribution in [0, 0.1) is 17.8 Å². The van der Waals surface area contributed by atoms with Gasteiger partial charge < -0.3 is 9.80 Å². The molecule has 0 spiro atoms. The molecule has 31 heavy (non-hydrogen) atoms. The van der Waals surface area contributed by atoms with E-state index in [1.807, 2.05) is 18.7 Å². The number of carbonyl (C=O) groups is 2. The van der Waals surface area contributed by atoms with Crippen LogP contribution in [0.15, 0.2) is 23.1 Å². The Morgan fingerprint density at radius 2 is 1.81 bits per heavy atom. The lowest BCUT2D eigenvalue weighted by Crippen LogP contribution is -2.52. The molecule has 1 fully saturated rings. The number of likely N-dealkylation sites (tertiary alicyclic amines) is 1. The zero-order chi connectivity index (χ0) is 22.9. The van der Waals surface area contributed by atoms with Gasteiger partial charge in [0, 0.05) is 32.2 Å².